The number of hydrogen-bond donors (Lipinski definition) is 0. The second-order valence-electron chi connectivity index (χ2n) is 6.30. The number of hydrogen-bond acceptors (Lipinski definition) is 4. The first-order valence-corrected chi connectivity index (χ1v) is 12.3. The quantitative estimate of drug-likeness (QED) is 0.573. The highest BCUT2D eigenvalue weighted by molar-refractivity contribution is 7.87. The molecular weight excluding hydrogens is 328 g/mol. The summed E-state index contributed by atoms with van der Waals surface area (Å²) in [4.78, 5) is 0.136. The van der Waals surface area contributed by atoms with Gasteiger partial charge in [-0.1, -0.05) is 30.3 Å². The third kappa shape index (κ3) is 5.19. The predicted molar refractivity (Wildman–Crippen MR) is 93.5 cm³/mol. The fourth-order valence-corrected chi connectivity index (χ4v) is 4.32. The highest BCUT2D eigenvalue weighted by atomic mass is 32.2. The third-order valence-electron chi connectivity index (χ3n) is 3.10. The Morgan fingerprint density at radius 2 is 1.61 bits per heavy atom. The topological polar surface area (TPSA) is 52.6 Å². The van der Waals surface area contributed by atoms with Gasteiger partial charge >= 0.3 is 10.1 Å². The zero-order valence-corrected chi connectivity index (χ0v) is 15.6. The van der Waals surface area contributed by atoms with Crippen molar-refractivity contribution in [3.05, 3.63) is 60.2 Å². The second-order valence-corrected chi connectivity index (χ2v) is 12.3. The molecule has 2 aromatic rings. The van der Waals surface area contributed by atoms with Crippen LogP contribution in [0.25, 0.3) is 0 Å². The number of rotatable bonds is 6. The monoisotopic (exact) mass is 350 g/mol. The van der Waals surface area contributed by atoms with E-state index in [1.807, 2.05) is 13.0 Å². The van der Waals surface area contributed by atoms with E-state index in [-0.39, 0.29) is 16.7 Å². The van der Waals surface area contributed by atoms with Gasteiger partial charge in [-0.3, -0.25) is 0 Å². The molecule has 0 heterocycles. The molecule has 0 amide bonds. The van der Waals surface area contributed by atoms with E-state index in [0.29, 0.717) is 0 Å². The molecule has 0 N–H and O–H groups in total. The summed E-state index contributed by atoms with van der Waals surface area (Å²) in [7, 11) is -5.50. The van der Waals surface area contributed by atoms with E-state index in [1.54, 1.807) is 36.4 Å². The van der Waals surface area contributed by atoms with Crippen LogP contribution in [-0.4, -0.2) is 16.7 Å². The first-order valence-electron chi connectivity index (χ1n) is 7.45. The van der Waals surface area contributed by atoms with Gasteiger partial charge in [0.25, 0.3) is 0 Å². The highest BCUT2D eigenvalue weighted by Gasteiger charge is 2.20. The van der Waals surface area contributed by atoms with Crippen molar-refractivity contribution in [1.82, 2.24) is 0 Å². The van der Waals surface area contributed by atoms with Gasteiger partial charge < -0.3 is 8.61 Å². The molecule has 0 aromatic heterocycles. The van der Waals surface area contributed by atoms with Gasteiger partial charge in [-0.25, -0.2) is 0 Å². The van der Waals surface area contributed by atoms with Crippen molar-refractivity contribution in [3.8, 4) is 5.75 Å². The molecule has 2 rings (SSSR count). The Hall–Kier alpha value is -1.63. The molecule has 0 spiro atoms. The second kappa shape index (κ2) is 6.86. The van der Waals surface area contributed by atoms with E-state index in [4.69, 9.17) is 8.61 Å². The van der Waals surface area contributed by atoms with Crippen molar-refractivity contribution < 1.29 is 17.0 Å². The first kappa shape index (κ1) is 17.7. The minimum Gasteiger partial charge on any atom is -0.411 e. The third-order valence-corrected chi connectivity index (χ3v) is 5.42. The summed E-state index contributed by atoms with van der Waals surface area (Å²) < 4.78 is 35.8. The van der Waals surface area contributed by atoms with Crippen molar-refractivity contribution in [1.29, 1.82) is 0 Å². The largest absolute Gasteiger partial charge is 0.411 e. The Kier molecular flexibility index (Phi) is 5.29. The molecule has 2 aromatic carbocycles. The molecule has 0 aliphatic carbocycles. The van der Waals surface area contributed by atoms with E-state index in [9.17, 15) is 8.42 Å². The van der Waals surface area contributed by atoms with Gasteiger partial charge in [0.05, 0.1) is 6.10 Å². The van der Waals surface area contributed by atoms with Crippen LogP contribution in [0.1, 0.15) is 18.6 Å². The molecule has 23 heavy (non-hydrogen) atoms. The van der Waals surface area contributed by atoms with E-state index in [0.717, 1.165) is 5.56 Å². The summed E-state index contributed by atoms with van der Waals surface area (Å²) in [5.74, 6) is 0.289. The molecule has 0 saturated heterocycles. The fourth-order valence-electron chi connectivity index (χ4n) is 2.18. The summed E-state index contributed by atoms with van der Waals surface area (Å²) in [6.07, 6.45) is -0.107. The SMILES string of the molecule is CC(O[Si](C)(C)C)c1cccc(OS(=O)(=O)c2ccccc2)c1. The summed E-state index contributed by atoms with van der Waals surface area (Å²) in [5, 5.41) is 0. The predicted octanol–water partition coefficient (Wildman–Crippen LogP) is 4.37. The Labute approximate surface area is 139 Å². The van der Waals surface area contributed by atoms with Crippen LogP contribution in [-0.2, 0) is 14.5 Å². The van der Waals surface area contributed by atoms with Crippen molar-refractivity contribution in [3.63, 3.8) is 0 Å². The summed E-state index contributed by atoms with van der Waals surface area (Å²) >= 11 is 0. The van der Waals surface area contributed by atoms with Crippen LogP contribution < -0.4 is 4.18 Å². The Balaban J connectivity index is 2.21. The minimum atomic E-state index is -3.82. The van der Waals surface area contributed by atoms with Gasteiger partial charge in [-0.15, -0.1) is 0 Å². The highest BCUT2D eigenvalue weighted by Crippen LogP contribution is 2.26. The molecule has 1 unspecified atom stereocenters. The fraction of sp³-hybridized carbons (Fsp3) is 0.294. The maximum Gasteiger partial charge on any atom is 0.339 e. The molecule has 0 aliphatic heterocycles. The lowest BCUT2D eigenvalue weighted by Crippen LogP contribution is -2.26. The van der Waals surface area contributed by atoms with E-state index >= 15 is 0 Å². The maximum atomic E-state index is 12.3. The Bertz CT molecular complexity index is 752. The molecule has 4 nitrogen and oxygen atoms in total. The standard InChI is InChI=1S/C17H22O4SSi/c1-14(21-23(2,3)4)15-9-8-10-16(13-15)20-22(18,19)17-11-6-5-7-12-17/h5-14H,1-4H3. The van der Waals surface area contributed by atoms with Crippen LogP contribution in [0.2, 0.25) is 19.6 Å². The Morgan fingerprint density at radius 3 is 2.22 bits per heavy atom. The summed E-state index contributed by atoms with van der Waals surface area (Å²) in [6.45, 7) is 8.31. The molecular formula is C17H22O4SSi. The van der Waals surface area contributed by atoms with Crippen LogP contribution in [0.3, 0.4) is 0 Å². The molecule has 1 atom stereocenters. The van der Waals surface area contributed by atoms with Gasteiger partial charge in [0.1, 0.15) is 10.6 Å². The van der Waals surface area contributed by atoms with Gasteiger partial charge in [-0.05, 0) is 56.4 Å². The van der Waals surface area contributed by atoms with Crippen molar-refractivity contribution >= 4 is 18.4 Å². The lowest BCUT2D eigenvalue weighted by atomic mass is 10.1. The first-order chi connectivity index (χ1) is 10.7. The van der Waals surface area contributed by atoms with Crippen LogP contribution in [0.15, 0.2) is 59.5 Å². The zero-order chi connectivity index (χ0) is 17.1. The lowest BCUT2D eigenvalue weighted by Gasteiger charge is -2.24. The van der Waals surface area contributed by atoms with E-state index in [1.165, 1.54) is 12.1 Å². The Morgan fingerprint density at radius 1 is 0.957 bits per heavy atom. The molecule has 0 saturated carbocycles. The molecule has 0 radical (unpaired) electrons. The molecule has 124 valence electrons. The van der Waals surface area contributed by atoms with Gasteiger partial charge in [-0.2, -0.15) is 8.42 Å². The van der Waals surface area contributed by atoms with Gasteiger partial charge in [0.2, 0.25) is 0 Å². The maximum absolute atomic E-state index is 12.3. The molecule has 0 fully saturated rings. The number of benzene rings is 2. The van der Waals surface area contributed by atoms with E-state index < -0.39 is 18.4 Å². The minimum absolute atomic E-state index is 0.107. The molecule has 0 bridgehead atoms. The molecule has 0 aliphatic rings. The smallest absolute Gasteiger partial charge is 0.339 e. The average molecular weight is 351 g/mol. The van der Waals surface area contributed by atoms with Crippen LogP contribution >= 0.6 is 0 Å². The van der Waals surface area contributed by atoms with Crippen LogP contribution in [0.5, 0.6) is 5.75 Å². The van der Waals surface area contributed by atoms with Gasteiger partial charge in [0.15, 0.2) is 8.32 Å². The summed E-state index contributed by atoms with van der Waals surface area (Å²) in [5.41, 5.74) is 0.896. The zero-order valence-electron chi connectivity index (χ0n) is 13.8. The normalized spacial score (nSPS) is 13.6. The van der Waals surface area contributed by atoms with Crippen LogP contribution in [0, 0.1) is 0 Å². The van der Waals surface area contributed by atoms with Crippen molar-refractivity contribution in [2.45, 2.75) is 37.6 Å². The summed E-state index contributed by atoms with van der Waals surface area (Å²) in [6, 6.07) is 15.1. The van der Waals surface area contributed by atoms with E-state index in [2.05, 4.69) is 19.6 Å². The lowest BCUT2D eigenvalue weighted by molar-refractivity contribution is 0.219. The average Bonchev–Trinajstić information content (AvgIpc) is 2.46. The van der Waals surface area contributed by atoms with Crippen molar-refractivity contribution in [2.24, 2.45) is 0 Å². The van der Waals surface area contributed by atoms with Gasteiger partial charge in [0, 0.05) is 0 Å². The molecule has 6 heteroatoms. The van der Waals surface area contributed by atoms with Crippen molar-refractivity contribution in [2.75, 3.05) is 0 Å². The van der Waals surface area contributed by atoms with Crippen LogP contribution in [0.4, 0.5) is 0 Å².